The highest BCUT2D eigenvalue weighted by Crippen LogP contribution is 2.46. The number of nitrogens with zero attached hydrogens (tertiary/aromatic N) is 1. The van der Waals surface area contributed by atoms with Crippen LogP contribution in [0.25, 0.3) is 0 Å². The fourth-order valence-corrected chi connectivity index (χ4v) is 5.69. The summed E-state index contributed by atoms with van der Waals surface area (Å²) in [4.78, 5) is 14.0. The molecule has 0 amide bonds. The van der Waals surface area contributed by atoms with Gasteiger partial charge in [0.05, 0.1) is 18.2 Å². The molecule has 0 radical (unpaired) electrons. The number of carbonyl (C=O) groups excluding carboxylic acids is 1. The average Bonchev–Trinajstić information content (AvgIpc) is 3.62. The molecule has 182 valence electrons. The van der Waals surface area contributed by atoms with Crippen LogP contribution in [0.5, 0.6) is 5.75 Å². The Bertz CT molecular complexity index is 1240. The van der Waals surface area contributed by atoms with Gasteiger partial charge >= 0.3 is 0 Å². The van der Waals surface area contributed by atoms with Gasteiger partial charge in [0.25, 0.3) is 5.24 Å². The van der Waals surface area contributed by atoms with E-state index in [9.17, 15) is 9.18 Å². The van der Waals surface area contributed by atoms with E-state index < -0.39 is 11.1 Å². The largest absolute Gasteiger partial charge is 0.493 e. The third kappa shape index (κ3) is 5.36. The summed E-state index contributed by atoms with van der Waals surface area (Å²) in [5.41, 5.74) is 2.86. The van der Waals surface area contributed by atoms with Crippen molar-refractivity contribution in [1.29, 1.82) is 0 Å². The molecule has 1 heterocycles. The number of halogens is 4. The van der Waals surface area contributed by atoms with E-state index in [1.54, 1.807) is 12.1 Å². The van der Waals surface area contributed by atoms with Crippen molar-refractivity contribution in [1.82, 2.24) is 4.90 Å². The lowest BCUT2D eigenvalue weighted by atomic mass is 9.79. The van der Waals surface area contributed by atoms with Gasteiger partial charge in [0.15, 0.2) is 0 Å². The monoisotopic (exact) mass is 531 g/mol. The summed E-state index contributed by atoms with van der Waals surface area (Å²) in [6.45, 7) is 4.18. The molecule has 0 N–H and O–H groups in total. The molecule has 0 aromatic heterocycles. The molecule has 2 fully saturated rings. The maximum atomic E-state index is 14.5. The number of hydrogen-bond donors (Lipinski definition) is 0. The molecule has 1 aliphatic heterocycles. The van der Waals surface area contributed by atoms with Gasteiger partial charge in [-0.2, -0.15) is 0 Å². The van der Waals surface area contributed by atoms with Crippen molar-refractivity contribution in [3.05, 3.63) is 98.8 Å². The Morgan fingerprint density at radius 3 is 2.31 bits per heavy atom. The fourth-order valence-electron chi connectivity index (χ4n) is 5.00. The predicted octanol–water partition coefficient (Wildman–Crippen LogP) is 7.88. The molecule has 0 bridgehead atoms. The summed E-state index contributed by atoms with van der Waals surface area (Å²) in [7, 11) is 0. The molecule has 3 nitrogen and oxygen atoms in total. The first-order valence-electron chi connectivity index (χ1n) is 11.6. The second kappa shape index (κ2) is 9.74. The Labute approximate surface area is 219 Å². The van der Waals surface area contributed by atoms with E-state index in [1.165, 1.54) is 6.07 Å². The van der Waals surface area contributed by atoms with Gasteiger partial charge in [-0.25, -0.2) is 4.39 Å². The fraction of sp³-hybridized carbons (Fsp3) is 0.321. The zero-order valence-electron chi connectivity index (χ0n) is 19.2. The number of carbonyl (C=O) groups is 1. The SMILES string of the molecule is CC1(COc2cc(F)c(C(=O)Cl)cc2C2CC2)CN([C@H](c2ccccc2)c2cc(Cl)cc(Cl)c2)C1. The number of likely N-dealkylation sites (tertiary alicyclic amines) is 1. The molecule has 1 aliphatic carbocycles. The van der Waals surface area contributed by atoms with Crippen molar-refractivity contribution >= 4 is 40.0 Å². The van der Waals surface area contributed by atoms with Crippen molar-refractivity contribution in [2.24, 2.45) is 5.41 Å². The van der Waals surface area contributed by atoms with Crippen LogP contribution >= 0.6 is 34.8 Å². The zero-order valence-corrected chi connectivity index (χ0v) is 21.5. The Hall–Kier alpha value is -2.11. The molecular weight excluding hydrogens is 508 g/mol. The number of rotatable bonds is 8. The zero-order chi connectivity index (χ0) is 24.7. The number of ether oxygens (including phenoxy) is 1. The Morgan fingerprint density at radius 1 is 1.06 bits per heavy atom. The Morgan fingerprint density at radius 2 is 1.71 bits per heavy atom. The lowest BCUT2D eigenvalue weighted by Crippen LogP contribution is -2.58. The molecule has 1 saturated heterocycles. The normalized spacial score (nSPS) is 18.1. The van der Waals surface area contributed by atoms with Crippen molar-refractivity contribution in [2.45, 2.75) is 31.7 Å². The highest BCUT2D eigenvalue weighted by molar-refractivity contribution is 6.67. The van der Waals surface area contributed by atoms with E-state index >= 15 is 0 Å². The molecule has 2 aliphatic rings. The lowest BCUT2D eigenvalue weighted by molar-refractivity contribution is -0.0379. The van der Waals surface area contributed by atoms with E-state index in [1.807, 2.05) is 30.3 Å². The molecule has 0 spiro atoms. The van der Waals surface area contributed by atoms with E-state index in [2.05, 4.69) is 24.0 Å². The third-order valence-electron chi connectivity index (χ3n) is 6.76. The highest BCUT2D eigenvalue weighted by atomic mass is 35.5. The second-order valence-electron chi connectivity index (χ2n) is 9.94. The van der Waals surface area contributed by atoms with E-state index in [0.717, 1.165) is 42.6 Å². The van der Waals surface area contributed by atoms with Crippen LogP contribution in [0.1, 0.15) is 58.8 Å². The van der Waals surface area contributed by atoms with Gasteiger partial charge in [-0.3, -0.25) is 9.69 Å². The molecule has 1 saturated carbocycles. The van der Waals surface area contributed by atoms with Crippen LogP contribution < -0.4 is 4.74 Å². The van der Waals surface area contributed by atoms with Crippen molar-refractivity contribution in [3.8, 4) is 5.75 Å². The van der Waals surface area contributed by atoms with Crippen molar-refractivity contribution < 1.29 is 13.9 Å². The average molecular weight is 533 g/mol. The smallest absolute Gasteiger partial charge is 0.255 e. The first-order chi connectivity index (χ1) is 16.7. The van der Waals surface area contributed by atoms with Crippen LogP contribution in [0.3, 0.4) is 0 Å². The Balaban J connectivity index is 1.34. The molecule has 5 rings (SSSR count). The summed E-state index contributed by atoms with van der Waals surface area (Å²) in [6.07, 6.45) is 2.01. The predicted molar refractivity (Wildman–Crippen MR) is 138 cm³/mol. The molecule has 1 atom stereocenters. The summed E-state index contributed by atoms with van der Waals surface area (Å²) < 4.78 is 20.6. The van der Waals surface area contributed by atoms with Gasteiger partial charge in [0.2, 0.25) is 0 Å². The lowest BCUT2D eigenvalue weighted by Gasteiger charge is -2.51. The minimum atomic E-state index is -0.786. The van der Waals surface area contributed by atoms with E-state index in [-0.39, 0.29) is 17.0 Å². The van der Waals surface area contributed by atoms with Gasteiger partial charge in [-0.05, 0) is 71.3 Å². The van der Waals surface area contributed by atoms with Gasteiger partial charge in [-0.1, -0.05) is 60.5 Å². The number of hydrogen-bond acceptors (Lipinski definition) is 3. The van der Waals surface area contributed by atoms with Crippen molar-refractivity contribution in [3.63, 3.8) is 0 Å². The first kappa shape index (κ1) is 24.6. The summed E-state index contributed by atoms with van der Waals surface area (Å²) in [6, 6.07) is 18.8. The molecular formula is C28H25Cl3FNO2. The van der Waals surface area contributed by atoms with Crippen LogP contribution in [0, 0.1) is 11.2 Å². The van der Waals surface area contributed by atoms with Crippen LogP contribution in [-0.4, -0.2) is 29.8 Å². The topological polar surface area (TPSA) is 29.5 Å². The minimum absolute atomic E-state index is 0.00830. The van der Waals surface area contributed by atoms with Gasteiger partial charge in [-0.15, -0.1) is 0 Å². The minimum Gasteiger partial charge on any atom is -0.493 e. The van der Waals surface area contributed by atoms with Gasteiger partial charge in [0, 0.05) is 34.6 Å². The maximum Gasteiger partial charge on any atom is 0.255 e. The Kier molecular flexibility index (Phi) is 6.84. The maximum absolute atomic E-state index is 14.5. The van der Waals surface area contributed by atoms with Crippen LogP contribution in [0.15, 0.2) is 60.7 Å². The quantitative estimate of drug-likeness (QED) is 0.276. The summed E-state index contributed by atoms with van der Waals surface area (Å²) >= 11 is 18.2. The van der Waals surface area contributed by atoms with Gasteiger partial charge in [0.1, 0.15) is 11.6 Å². The van der Waals surface area contributed by atoms with Crippen LogP contribution in [-0.2, 0) is 0 Å². The molecule has 3 aromatic carbocycles. The van der Waals surface area contributed by atoms with Crippen molar-refractivity contribution in [2.75, 3.05) is 19.7 Å². The number of benzene rings is 3. The molecule has 0 unspecified atom stereocenters. The van der Waals surface area contributed by atoms with Gasteiger partial charge < -0.3 is 4.74 Å². The standard InChI is InChI=1S/C28H25Cl3FNO2/c1-28(16-35-25-13-24(32)23(27(31)34)12-22(25)17-7-8-17)14-33(15-28)26(18-5-3-2-4-6-18)19-9-20(29)11-21(30)10-19/h2-6,9-13,17,26H,7-8,14-16H2,1H3/t26-/m1/s1. The molecule has 35 heavy (non-hydrogen) atoms. The highest BCUT2D eigenvalue weighted by Gasteiger charge is 2.44. The third-order valence-corrected chi connectivity index (χ3v) is 7.40. The first-order valence-corrected chi connectivity index (χ1v) is 12.8. The molecule has 3 aromatic rings. The summed E-state index contributed by atoms with van der Waals surface area (Å²) in [5, 5.41) is 0.424. The van der Waals surface area contributed by atoms with E-state index in [4.69, 9.17) is 39.5 Å². The summed E-state index contributed by atoms with van der Waals surface area (Å²) in [5.74, 6) is 0.153. The second-order valence-corrected chi connectivity index (χ2v) is 11.2. The van der Waals surface area contributed by atoms with Crippen LogP contribution in [0.4, 0.5) is 4.39 Å². The van der Waals surface area contributed by atoms with E-state index in [0.29, 0.717) is 28.3 Å². The molecule has 7 heteroatoms. The van der Waals surface area contributed by atoms with Crippen LogP contribution in [0.2, 0.25) is 10.0 Å².